The lowest BCUT2D eigenvalue weighted by Gasteiger charge is -2.22. The highest BCUT2D eigenvalue weighted by atomic mass is 15.1. The number of nitrogens with zero attached hydrogens (tertiary/aromatic N) is 2. The molecule has 19 heavy (non-hydrogen) atoms. The Bertz CT molecular complexity index is 525. The van der Waals surface area contributed by atoms with Crippen molar-refractivity contribution in [3.8, 4) is 11.3 Å². The second-order valence-corrected chi connectivity index (χ2v) is 5.30. The highest BCUT2D eigenvalue weighted by molar-refractivity contribution is 5.59. The maximum atomic E-state index is 5.55. The minimum Gasteiger partial charge on any atom is -0.382 e. The molecule has 3 rings (SSSR count). The Hall–Kier alpha value is -1.90. The zero-order chi connectivity index (χ0) is 13.1. The Labute approximate surface area is 113 Å². The standard InChI is InChI=1S/C16H19N3/c17-16-11-10-15(18-19-16)14-8-6-13(7-9-14)12-4-2-1-3-5-12/h6-12H,1-5H2,(H2,17,19). The lowest BCUT2D eigenvalue weighted by atomic mass is 9.84. The van der Waals surface area contributed by atoms with Crippen molar-refractivity contribution in [3.05, 3.63) is 42.0 Å². The monoisotopic (exact) mass is 253 g/mol. The van der Waals surface area contributed by atoms with E-state index in [1.807, 2.05) is 6.07 Å². The van der Waals surface area contributed by atoms with E-state index in [9.17, 15) is 0 Å². The van der Waals surface area contributed by atoms with Gasteiger partial charge in [0.25, 0.3) is 0 Å². The van der Waals surface area contributed by atoms with E-state index in [0.717, 1.165) is 17.2 Å². The molecule has 1 saturated carbocycles. The van der Waals surface area contributed by atoms with E-state index in [-0.39, 0.29) is 0 Å². The van der Waals surface area contributed by atoms with Crippen LogP contribution in [-0.2, 0) is 0 Å². The van der Waals surface area contributed by atoms with E-state index in [4.69, 9.17) is 5.73 Å². The highest BCUT2D eigenvalue weighted by Gasteiger charge is 2.15. The smallest absolute Gasteiger partial charge is 0.146 e. The summed E-state index contributed by atoms with van der Waals surface area (Å²) in [5.41, 5.74) is 9.00. The number of nitrogen functional groups attached to an aromatic ring is 1. The number of hydrogen-bond donors (Lipinski definition) is 1. The molecular weight excluding hydrogens is 234 g/mol. The van der Waals surface area contributed by atoms with Gasteiger partial charge in [-0.2, -0.15) is 0 Å². The van der Waals surface area contributed by atoms with Gasteiger partial charge in [0.15, 0.2) is 0 Å². The number of aromatic nitrogens is 2. The van der Waals surface area contributed by atoms with Crippen molar-refractivity contribution in [1.29, 1.82) is 0 Å². The van der Waals surface area contributed by atoms with Crippen molar-refractivity contribution in [3.63, 3.8) is 0 Å². The van der Waals surface area contributed by atoms with E-state index in [2.05, 4.69) is 34.5 Å². The number of hydrogen-bond acceptors (Lipinski definition) is 3. The summed E-state index contributed by atoms with van der Waals surface area (Å²) in [5.74, 6) is 1.21. The minimum absolute atomic E-state index is 0.461. The van der Waals surface area contributed by atoms with E-state index in [1.54, 1.807) is 6.07 Å². The van der Waals surface area contributed by atoms with Gasteiger partial charge >= 0.3 is 0 Å². The molecule has 3 heteroatoms. The van der Waals surface area contributed by atoms with Crippen LogP contribution in [0.5, 0.6) is 0 Å². The van der Waals surface area contributed by atoms with Crippen LogP contribution in [0.1, 0.15) is 43.6 Å². The molecule has 1 heterocycles. The van der Waals surface area contributed by atoms with Crippen LogP contribution in [0.2, 0.25) is 0 Å². The summed E-state index contributed by atoms with van der Waals surface area (Å²) in [4.78, 5) is 0. The van der Waals surface area contributed by atoms with Crippen LogP contribution in [0.4, 0.5) is 5.82 Å². The van der Waals surface area contributed by atoms with E-state index < -0.39 is 0 Å². The van der Waals surface area contributed by atoms with E-state index >= 15 is 0 Å². The first kappa shape index (κ1) is 12.2. The van der Waals surface area contributed by atoms with Gasteiger partial charge in [-0.05, 0) is 36.5 Å². The molecule has 2 N–H and O–H groups in total. The second kappa shape index (κ2) is 5.39. The van der Waals surface area contributed by atoms with Gasteiger partial charge in [-0.1, -0.05) is 43.5 Å². The fourth-order valence-corrected chi connectivity index (χ4v) is 2.86. The summed E-state index contributed by atoms with van der Waals surface area (Å²) in [6.45, 7) is 0. The average molecular weight is 253 g/mol. The van der Waals surface area contributed by atoms with Crippen LogP contribution in [0, 0.1) is 0 Å². The van der Waals surface area contributed by atoms with Crippen molar-refractivity contribution in [2.24, 2.45) is 0 Å². The third-order valence-electron chi connectivity index (χ3n) is 3.97. The minimum atomic E-state index is 0.461. The van der Waals surface area contributed by atoms with Crippen molar-refractivity contribution >= 4 is 5.82 Å². The largest absolute Gasteiger partial charge is 0.382 e. The predicted octanol–water partition coefficient (Wildman–Crippen LogP) is 3.77. The lowest BCUT2D eigenvalue weighted by Crippen LogP contribution is -2.04. The van der Waals surface area contributed by atoms with Gasteiger partial charge in [0.2, 0.25) is 0 Å². The number of anilines is 1. The molecule has 0 radical (unpaired) electrons. The summed E-state index contributed by atoms with van der Waals surface area (Å²) in [7, 11) is 0. The third kappa shape index (κ3) is 2.75. The summed E-state index contributed by atoms with van der Waals surface area (Å²) in [5, 5.41) is 8.01. The number of rotatable bonds is 2. The van der Waals surface area contributed by atoms with Gasteiger partial charge in [-0.25, -0.2) is 0 Å². The summed E-state index contributed by atoms with van der Waals surface area (Å²) >= 11 is 0. The molecule has 3 nitrogen and oxygen atoms in total. The molecule has 2 aromatic rings. The fourth-order valence-electron chi connectivity index (χ4n) is 2.86. The van der Waals surface area contributed by atoms with Crippen LogP contribution >= 0.6 is 0 Å². The average Bonchev–Trinajstić information content (AvgIpc) is 2.49. The van der Waals surface area contributed by atoms with Crippen molar-refractivity contribution in [2.75, 3.05) is 5.73 Å². The third-order valence-corrected chi connectivity index (χ3v) is 3.97. The molecule has 0 saturated heterocycles. The highest BCUT2D eigenvalue weighted by Crippen LogP contribution is 2.33. The predicted molar refractivity (Wildman–Crippen MR) is 77.7 cm³/mol. The Morgan fingerprint density at radius 1 is 0.842 bits per heavy atom. The molecule has 0 spiro atoms. The molecule has 1 aromatic heterocycles. The molecule has 1 aliphatic carbocycles. The summed E-state index contributed by atoms with van der Waals surface area (Å²) in [6, 6.07) is 12.5. The molecule has 1 aliphatic rings. The van der Waals surface area contributed by atoms with Gasteiger partial charge in [0.1, 0.15) is 5.82 Å². The van der Waals surface area contributed by atoms with Crippen LogP contribution in [0.25, 0.3) is 11.3 Å². The van der Waals surface area contributed by atoms with Gasteiger partial charge in [0, 0.05) is 5.56 Å². The zero-order valence-corrected chi connectivity index (χ0v) is 11.0. The SMILES string of the molecule is Nc1ccc(-c2ccc(C3CCCCC3)cc2)nn1. The molecule has 98 valence electrons. The Balaban J connectivity index is 1.80. The van der Waals surface area contributed by atoms with Gasteiger partial charge in [-0.15, -0.1) is 10.2 Å². The summed E-state index contributed by atoms with van der Waals surface area (Å²) in [6.07, 6.45) is 6.81. The lowest BCUT2D eigenvalue weighted by molar-refractivity contribution is 0.443. The Morgan fingerprint density at radius 2 is 1.58 bits per heavy atom. The molecule has 0 bridgehead atoms. The normalized spacial score (nSPS) is 16.4. The zero-order valence-electron chi connectivity index (χ0n) is 11.0. The second-order valence-electron chi connectivity index (χ2n) is 5.30. The van der Waals surface area contributed by atoms with Gasteiger partial charge in [0.05, 0.1) is 5.69 Å². The van der Waals surface area contributed by atoms with Gasteiger partial charge < -0.3 is 5.73 Å². The number of benzene rings is 1. The molecule has 0 atom stereocenters. The first-order valence-corrected chi connectivity index (χ1v) is 7.02. The van der Waals surface area contributed by atoms with E-state index in [0.29, 0.717) is 5.82 Å². The molecular formula is C16H19N3. The van der Waals surface area contributed by atoms with Crippen LogP contribution in [0.3, 0.4) is 0 Å². The Morgan fingerprint density at radius 3 is 2.21 bits per heavy atom. The molecule has 0 amide bonds. The van der Waals surface area contributed by atoms with Crippen molar-refractivity contribution in [1.82, 2.24) is 10.2 Å². The topological polar surface area (TPSA) is 51.8 Å². The van der Waals surface area contributed by atoms with Crippen molar-refractivity contribution < 1.29 is 0 Å². The fraction of sp³-hybridized carbons (Fsp3) is 0.375. The maximum absolute atomic E-state index is 5.55. The summed E-state index contributed by atoms with van der Waals surface area (Å²) < 4.78 is 0. The molecule has 0 unspecified atom stereocenters. The van der Waals surface area contributed by atoms with Gasteiger partial charge in [-0.3, -0.25) is 0 Å². The van der Waals surface area contributed by atoms with Crippen molar-refractivity contribution in [2.45, 2.75) is 38.0 Å². The maximum Gasteiger partial charge on any atom is 0.146 e. The number of nitrogens with two attached hydrogens (primary N) is 1. The molecule has 0 aliphatic heterocycles. The van der Waals surface area contributed by atoms with Crippen LogP contribution in [0.15, 0.2) is 36.4 Å². The van der Waals surface area contributed by atoms with Crippen LogP contribution in [-0.4, -0.2) is 10.2 Å². The first-order valence-electron chi connectivity index (χ1n) is 7.02. The quantitative estimate of drug-likeness (QED) is 0.886. The van der Waals surface area contributed by atoms with Crippen LogP contribution < -0.4 is 5.73 Å². The first-order chi connectivity index (χ1) is 9.33. The Kier molecular flexibility index (Phi) is 3.45. The molecule has 1 fully saturated rings. The van der Waals surface area contributed by atoms with E-state index in [1.165, 1.54) is 37.7 Å². The molecule has 1 aromatic carbocycles.